The first-order valence-electron chi connectivity index (χ1n) is 3.67. The average molecular weight is 232 g/mol. The van der Waals surface area contributed by atoms with E-state index in [0.717, 1.165) is 0 Å². The van der Waals surface area contributed by atoms with Crippen molar-refractivity contribution >= 4 is 15.6 Å². The predicted molar refractivity (Wildman–Crippen MR) is 50.7 cm³/mol. The highest BCUT2D eigenvalue weighted by Gasteiger charge is 2.44. The molecule has 80 valence electrons. The molecule has 0 heterocycles. The first-order valence-corrected chi connectivity index (χ1v) is 6.64. The zero-order valence-electron chi connectivity index (χ0n) is 7.62. The summed E-state index contributed by atoms with van der Waals surface area (Å²) in [5.74, 6) is 0. The lowest BCUT2D eigenvalue weighted by Crippen LogP contribution is -2.02. The van der Waals surface area contributed by atoms with Crippen LogP contribution in [0.3, 0.4) is 0 Å². The fourth-order valence-corrected chi connectivity index (χ4v) is 2.77. The fraction of sp³-hybridized carbons (Fsp3) is 1.00. The second-order valence-corrected chi connectivity index (χ2v) is 5.60. The highest BCUT2D eigenvalue weighted by Crippen LogP contribution is 2.53. The highest BCUT2D eigenvalue weighted by atomic mass is 31.2. The molecule has 0 fully saturated rings. The molecule has 6 nitrogen and oxygen atoms in total. The Morgan fingerprint density at radius 1 is 1.46 bits per heavy atom. The van der Waals surface area contributed by atoms with Crippen LogP contribution in [0.15, 0.2) is 0 Å². The maximum absolute atomic E-state index is 10.5. The third-order valence-corrected chi connectivity index (χ3v) is 4.49. The number of nitrogens with two attached hydrogens (primary N) is 1. The van der Waals surface area contributed by atoms with Gasteiger partial charge >= 0.3 is 15.6 Å². The van der Waals surface area contributed by atoms with Crippen LogP contribution in [0.5, 0.6) is 0 Å². The van der Waals surface area contributed by atoms with E-state index in [1.54, 1.807) is 6.92 Å². The van der Waals surface area contributed by atoms with Crippen molar-refractivity contribution in [3.8, 4) is 0 Å². The second kappa shape index (κ2) is 7.56. The van der Waals surface area contributed by atoms with Crippen LogP contribution in [0.2, 0.25) is 0 Å². The van der Waals surface area contributed by atoms with E-state index in [2.05, 4.69) is 5.73 Å². The zero-order chi connectivity index (χ0) is 11.1. The van der Waals surface area contributed by atoms with Crippen molar-refractivity contribution in [2.24, 2.45) is 5.73 Å². The standard InChI is InChI=1S/C4H10O5P2.CH5N/c1-2-3-4(10(5)6)11(7,8)9;1-2/h4H,2-3H2,1H3,(H2-,5,6,7,8,9);2H2,1H3/p+1. The van der Waals surface area contributed by atoms with Crippen LogP contribution in [0, 0.1) is 0 Å². The molecule has 2 unspecified atom stereocenters. The van der Waals surface area contributed by atoms with Gasteiger partial charge < -0.3 is 15.5 Å². The van der Waals surface area contributed by atoms with Gasteiger partial charge in [0.2, 0.25) is 0 Å². The molecule has 5 N–H and O–H groups in total. The molecular formula is C5H16NO5P2+. The normalized spacial score (nSPS) is 14.2. The van der Waals surface area contributed by atoms with Crippen molar-refractivity contribution in [2.45, 2.75) is 25.2 Å². The molecule has 0 aliphatic rings. The Balaban J connectivity index is 0. The Morgan fingerprint density at radius 2 is 1.85 bits per heavy atom. The first-order chi connectivity index (χ1) is 5.89. The van der Waals surface area contributed by atoms with Gasteiger partial charge in [-0.05, 0) is 11.6 Å². The van der Waals surface area contributed by atoms with Gasteiger partial charge in [-0.3, -0.25) is 4.57 Å². The quantitative estimate of drug-likeness (QED) is 0.526. The summed E-state index contributed by atoms with van der Waals surface area (Å²) in [4.78, 5) is 25.6. The third kappa shape index (κ3) is 7.26. The average Bonchev–Trinajstić information content (AvgIpc) is 2.01. The Labute approximate surface area is 78.2 Å². The van der Waals surface area contributed by atoms with Crippen molar-refractivity contribution in [2.75, 3.05) is 7.05 Å². The van der Waals surface area contributed by atoms with Gasteiger partial charge in [0.15, 0.2) is 0 Å². The molecule has 0 saturated carbocycles. The van der Waals surface area contributed by atoms with Crippen LogP contribution in [-0.2, 0) is 9.13 Å². The molecule has 0 aromatic carbocycles. The zero-order valence-corrected chi connectivity index (χ0v) is 9.41. The first kappa shape index (κ1) is 15.6. The van der Waals surface area contributed by atoms with E-state index in [4.69, 9.17) is 14.7 Å². The van der Waals surface area contributed by atoms with Gasteiger partial charge in [-0.25, -0.2) is 0 Å². The topological polar surface area (TPSA) is 121 Å². The van der Waals surface area contributed by atoms with Gasteiger partial charge in [0.05, 0.1) is 0 Å². The summed E-state index contributed by atoms with van der Waals surface area (Å²) in [5.41, 5.74) is 4.50. The number of hydrogen-bond acceptors (Lipinski definition) is 3. The Hall–Kier alpha value is 0.170. The maximum Gasteiger partial charge on any atom is 0.521 e. The lowest BCUT2D eigenvalue weighted by Gasteiger charge is -2.04. The number of hydrogen-bond donors (Lipinski definition) is 4. The summed E-state index contributed by atoms with van der Waals surface area (Å²) in [7, 11) is -5.65. The van der Waals surface area contributed by atoms with E-state index in [1.165, 1.54) is 7.05 Å². The summed E-state index contributed by atoms with van der Waals surface area (Å²) < 4.78 is 20.9. The monoisotopic (exact) mass is 232 g/mol. The van der Waals surface area contributed by atoms with Crippen LogP contribution in [0.25, 0.3) is 0 Å². The molecule has 2 atom stereocenters. The molecule has 0 aromatic rings. The van der Waals surface area contributed by atoms with E-state index >= 15 is 0 Å². The summed E-state index contributed by atoms with van der Waals surface area (Å²) in [6, 6.07) is 0. The predicted octanol–water partition coefficient (Wildman–Crippen LogP) is 0.600. The molecule has 0 spiro atoms. The summed E-state index contributed by atoms with van der Waals surface area (Å²) in [5, 5.41) is -1.39. The fourth-order valence-electron chi connectivity index (χ4n) is 0.665. The molecule has 0 aliphatic heterocycles. The lowest BCUT2D eigenvalue weighted by atomic mass is 10.4. The minimum Gasteiger partial charge on any atom is -0.333 e. The summed E-state index contributed by atoms with van der Waals surface area (Å²) in [6.45, 7) is 1.70. The van der Waals surface area contributed by atoms with Crippen molar-refractivity contribution in [3.63, 3.8) is 0 Å². The van der Waals surface area contributed by atoms with Crippen molar-refractivity contribution in [3.05, 3.63) is 0 Å². The van der Waals surface area contributed by atoms with Crippen LogP contribution < -0.4 is 5.73 Å². The van der Waals surface area contributed by atoms with Gasteiger partial charge in [0, 0.05) is 6.42 Å². The molecule has 0 bridgehead atoms. The van der Waals surface area contributed by atoms with E-state index < -0.39 is 21.0 Å². The largest absolute Gasteiger partial charge is 0.521 e. The Kier molecular flexibility index (Phi) is 9.09. The van der Waals surface area contributed by atoms with Gasteiger partial charge in [-0.1, -0.05) is 13.3 Å². The van der Waals surface area contributed by atoms with E-state index in [9.17, 15) is 9.13 Å². The molecule has 13 heavy (non-hydrogen) atoms. The number of rotatable bonds is 4. The molecular weight excluding hydrogens is 216 g/mol. The van der Waals surface area contributed by atoms with Crippen LogP contribution in [0.4, 0.5) is 0 Å². The van der Waals surface area contributed by atoms with Gasteiger partial charge in [0.1, 0.15) is 0 Å². The Bertz CT molecular complexity index is 191. The van der Waals surface area contributed by atoms with Crippen molar-refractivity contribution < 1.29 is 23.8 Å². The maximum atomic E-state index is 10.5. The SMILES string of the molecule is CCCC([P+](=O)O)P(=O)(O)O.CN. The molecule has 8 heteroatoms. The molecule has 0 aromatic heterocycles. The van der Waals surface area contributed by atoms with Crippen molar-refractivity contribution in [1.82, 2.24) is 0 Å². The van der Waals surface area contributed by atoms with Crippen molar-refractivity contribution in [1.29, 1.82) is 0 Å². The summed E-state index contributed by atoms with van der Waals surface area (Å²) >= 11 is 0. The highest BCUT2D eigenvalue weighted by molar-refractivity contribution is 7.65. The summed E-state index contributed by atoms with van der Waals surface area (Å²) in [6.07, 6.45) is 0.563. The van der Waals surface area contributed by atoms with Gasteiger partial charge in [-0.15, -0.1) is 0 Å². The molecule has 0 radical (unpaired) electrons. The van der Waals surface area contributed by atoms with E-state index in [0.29, 0.717) is 6.42 Å². The van der Waals surface area contributed by atoms with Gasteiger partial charge in [0.25, 0.3) is 5.40 Å². The molecule has 0 rings (SSSR count). The van der Waals surface area contributed by atoms with E-state index in [-0.39, 0.29) is 6.42 Å². The molecule has 0 aliphatic carbocycles. The Morgan fingerprint density at radius 3 is 1.92 bits per heavy atom. The molecule has 0 amide bonds. The van der Waals surface area contributed by atoms with Crippen LogP contribution >= 0.6 is 15.6 Å². The lowest BCUT2D eigenvalue weighted by molar-refractivity contribution is 0.362. The van der Waals surface area contributed by atoms with E-state index in [1.807, 2.05) is 0 Å². The minimum absolute atomic E-state index is 0.0793. The third-order valence-electron chi connectivity index (χ3n) is 1.19. The smallest absolute Gasteiger partial charge is 0.333 e. The van der Waals surface area contributed by atoms with Crippen LogP contribution in [-0.4, -0.2) is 27.1 Å². The minimum atomic E-state index is -4.38. The van der Waals surface area contributed by atoms with Gasteiger partial charge in [-0.2, -0.15) is 4.89 Å². The second-order valence-electron chi connectivity index (χ2n) is 2.16. The molecule has 0 saturated heterocycles. The van der Waals surface area contributed by atoms with Crippen LogP contribution in [0.1, 0.15) is 19.8 Å².